The summed E-state index contributed by atoms with van der Waals surface area (Å²) in [5.74, 6) is 0.775. The van der Waals surface area contributed by atoms with Crippen molar-refractivity contribution < 1.29 is 19.1 Å². The summed E-state index contributed by atoms with van der Waals surface area (Å²) in [6.45, 7) is 6.48. The average Bonchev–Trinajstić information content (AvgIpc) is 3.45. The number of Topliss-reactive ketones (excluding diaryl/α,β-unsaturated/α-hetero) is 1. The highest BCUT2D eigenvalue weighted by Gasteiger charge is 2.41. The Balaban J connectivity index is 0.000000892. The van der Waals surface area contributed by atoms with Crippen molar-refractivity contribution in [3.63, 3.8) is 0 Å². The van der Waals surface area contributed by atoms with E-state index in [1.165, 1.54) is 0 Å². The summed E-state index contributed by atoms with van der Waals surface area (Å²) in [4.78, 5) is 40.9. The number of nitrogens with one attached hydrogen (secondary N) is 3. The Morgan fingerprint density at radius 2 is 1.89 bits per heavy atom. The molecule has 2 aromatic heterocycles. The van der Waals surface area contributed by atoms with Gasteiger partial charge in [0.1, 0.15) is 5.75 Å². The van der Waals surface area contributed by atoms with Crippen molar-refractivity contribution in [3.8, 4) is 11.8 Å². The lowest BCUT2D eigenvalue weighted by Gasteiger charge is -2.38. The number of carbonyl (C=O) groups excluding carboxylic acids is 3. The molecule has 3 heterocycles. The van der Waals surface area contributed by atoms with Crippen LogP contribution in [-0.4, -0.2) is 26.9 Å². The summed E-state index contributed by atoms with van der Waals surface area (Å²) < 4.78 is 6.11. The van der Waals surface area contributed by atoms with Crippen LogP contribution in [0, 0.1) is 5.41 Å². The minimum atomic E-state index is -0.134. The van der Waals surface area contributed by atoms with E-state index < -0.39 is 0 Å². The van der Waals surface area contributed by atoms with Gasteiger partial charge in [-0.3, -0.25) is 4.79 Å². The van der Waals surface area contributed by atoms with Gasteiger partial charge in [-0.15, -0.1) is 0 Å². The van der Waals surface area contributed by atoms with Crippen molar-refractivity contribution in [2.75, 3.05) is 5.32 Å². The number of para-hydroxylation sites is 2. The van der Waals surface area contributed by atoms with Gasteiger partial charge in [0.15, 0.2) is 5.78 Å². The van der Waals surface area contributed by atoms with E-state index in [1.807, 2.05) is 42.5 Å². The van der Waals surface area contributed by atoms with Gasteiger partial charge in [-0.25, -0.2) is 0 Å². The van der Waals surface area contributed by atoms with Gasteiger partial charge < -0.3 is 20.0 Å². The number of nitrogens with zero attached hydrogens (tertiary/aromatic N) is 1. The minimum Gasteiger partial charge on any atom is -0.426 e. The van der Waals surface area contributed by atoms with Crippen molar-refractivity contribution in [3.05, 3.63) is 82.8 Å². The second-order valence-corrected chi connectivity index (χ2v) is 10.2. The van der Waals surface area contributed by atoms with Crippen molar-refractivity contribution in [1.82, 2.24) is 15.0 Å². The first kappa shape index (κ1) is 24.3. The van der Waals surface area contributed by atoms with Crippen LogP contribution in [0.4, 0.5) is 5.69 Å². The lowest BCUT2D eigenvalue weighted by atomic mass is 9.69. The van der Waals surface area contributed by atoms with E-state index >= 15 is 0 Å². The van der Waals surface area contributed by atoms with Crippen LogP contribution in [0.2, 0.25) is 0 Å². The SMILES string of the molecule is CCc1[nH]cc2c1NC1=C(C(=O)CC(C)(C)C1)C2c1cccc(Oc2nc3ccccc3[nH]2)c1.O=C=O. The number of allylic oxidation sites excluding steroid dienone is 2. The van der Waals surface area contributed by atoms with Gasteiger partial charge in [0.25, 0.3) is 6.01 Å². The third kappa shape index (κ3) is 4.59. The zero-order chi connectivity index (χ0) is 26.2. The molecule has 37 heavy (non-hydrogen) atoms. The highest BCUT2D eigenvalue weighted by molar-refractivity contribution is 6.01. The molecule has 0 saturated heterocycles. The molecule has 0 radical (unpaired) electrons. The van der Waals surface area contributed by atoms with Gasteiger partial charge >= 0.3 is 6.15 Å². The number of carbonyl (C=O) groups is 1. The van der Waals surface area contributed by atoms with Gasteiger partial charge in [-0.1, -0.05) is 45.0 Å². The van der Waals surface area contributed by atoms with Gasteiger partial charge in [0, 0.05) is 41.1 Å². The summed E-state index contributed by atoms with van der Waals surface area (Å²) in [6.07, 6.45) is 4.60. The largest absolute Gasteiger partial charge is 0.426 e. The molecule has 8 nitrogen and oxygen atoms in total. The molecule has 188 valence electrons. The third-order valence-electron chi connectivity index (χ3n) is 6.92. The van der Waals surface area contributed by atoms with Crippen molar-refractivity contribution >= 4 is 28.7 Å². The van der Waals surface area contributed by atoms with Crippen molar-refractivity contribution in [1.29, 1.82) is 0 Å². The van der Waals surface area contributed by atoms with E-state index in [4.69, 9.17) is 14.3 Å². The molecule has 0 bridgehead atoms. The molecule has 2 aromatic carbocycles. The number of aromatic nitrogens is 3. The molecule has 1 aliphatic heterocycles. The van der Waals surface area contributed by atoms with E-state index in [1.54, 1.807) is 0 Å². The topological polar surface area (TPSA) is 117 Å². The highest BCUT2D eigenvalue weighted by Crippen LogP contribution is 2.50. The van der Waals surface area contributed by atoms with Crippen LogP contribution in [0.1, 0.15) is 56.4 Å². The summed E-state index contributed by atoms with van der Waals surface area (Å²) in [6, 6.07) is 16.3. The molecule has 6 rings (SSSR count). The van der Waals surface area contributed by atoms with E-state index in [0.717, 1.165) is 57.7 Å². The first-order chi connectivity index (χ1) is 17.8. The Morgan fingerprint density at radius 3 is 2.65 bits per heavy atom. The zero-order valence-corrected chi connectivity index (χ0v) is 21.0. The Bertz CT molecular complexity index is 1520. The van der Waals surface area contributed by atoms with Crippen LogP contribution < -0.4 is 10.1 Å². The molecule has 0 amide bonds. The number of rotatable bonds is 4. The Kier molecular flexibility index (Phi) is 6.27. The average molecular weight is 497 g/mol. The van der Waals surface area contributed by atoms with E-state index in [0.29, 0.717) is 18.2 Å². The molecule has 1 unspecified atom stereocenters. The number of ether oxygens (including phenoxy) is 1. The van der Waals surface area contributed by atoms with Crippen LogP contribution in [0.3, 0.4) is 0 Å². The summed E-state index contributed by atoms with van der Waals surface area (Å²) >= 11 is 0. The summed E-state index contributed by atoms with van der Waals surface area (Å²) in [5, 5.41) is 3.63. The molecule has 3 N–H and O–H groups in total. The standard InChI is InChI=1S/C28H28N4O2.CO2/c1-4-19-26-18(15-29-19)24(25-22(30-26)13-28(2,3)14-23(25)33)16-8-7-9-17(12-16)34-27-31-20-10-5-6-11-21(20)32-27;2-1-3/h5-12,15,24,29-30H,4,13-14H2,1-3H3,(H,31,32);. The lowest BCUT2D eigenvalue weighted by molar-refractivity contribution is -0.191. The van der Waals surface area contributed by atoms with Gasteiger partial charge in [0.05, 0.1) is 16.7 Å². The Labute approximate surface area is 214 Å². The smallest absolute Gasteiger partial charge is 0.373 e. The van der Waals surface area contributed by atoms with E-state index in [-0.39, 0.29) is 23.3 Å². The fourth-order valence-corrected chi connectivity index (χ4v) is 5.42. The van der Waals surface area contributed by atoms with Crippen LogP contribution in [0.15, 0.2) is 66.0 Å². The quantitative estimate of drug-likeness (QED) is 0.326. The maximum Gasteiger partial charge on any atom is 0.373 e. The number of ketones is 1. The number of fused-ring (bicyclic) bond motifs is 2. The number of aromatic amines is 2. The van der Waals surface area contributed by atoms with Crippen LogP contribution >= 0.6 is 0 Å². The number of imidazole rings is 1. The molecule has 1 aliphatic carbocycles. The van der Waals surface area contributed by atoms with Crippen LogP contribution in [0.25, 0.3) is 11.0 Å². The van der Waals surface area contributed by atoms with E-state index in [2.05, 4.69) is 53.3 Å². The normalized spacial score (nSPS) is 17.7. The first-order valence-corrected chi connectivity index (χ1v) is 12.3. The summed E-state index contributed by atoms with van der Waals surface area (Å²) in [5.41, 5.74) is 8.11. The van der Waals surface area contributed by atoms with Crippen molar-refractivity contribution in [2.45, 2.75) is 46.0 Å². The Hall–Kier alpha value is -4.42. The number of benzene rings is 2. The molecular weight excluding hydrogens is 468 g/mol. The lowest BCUT2D eigenvalue weighted by Crippen LogP contribution is -2.33. The van der Waals surface area contributed by atoms with Gasteiger partial charge in [-0.05, 0) is 48.1 Å². The maximum atomic E-state index is 13.4. The molecule has 2 aliphatic rings. The fraction of sp³-hybridized carbons (Fsp3) is 0.276. The third-order valence-corrected chi connectivity index (χ3v) is 6.92. The molecule has 0 saturated carbocycles. The van der Waals surface area contributed by atoms with Gasteiger partial charge in [0.2, 0.25) is 0 Å². The number of anilines is 1. The zero-order valence-electron chi connectivity index (χ0n) is 21.0. The van der Waals surface area contributed by atoms with Crippen LogP contribution in [0.5, 0.6) is 11.8 Å². The fourth-order valence-electron chi connectivity index (χ4n) is 5.42. The predicted octanol–water partition coefficient (Wildman–Crippen LogP) is 5.86. The predicted molar refractivity (Wildman–Crippen MR) is 138 cm³/mol. The minimum absolute atomic E-state index is 0.0556. The number of hydrogen-bond donors (Lipinski definition) is 3. The first-order valence-electron chi connectivity index (χ1n) is 12.3. The number of aryl methyl sites for hydroxylation is 1. The number of hydrogen-bond acceptors (Lipinski definition) is 6. The monoisotopic (exact) mass is 496 g/mol. The van der Waals surface area contributed by atoms with Crippen LogP contribution in [-0.2, 0) is 20.8 Å². The molecular formula is C29H28N4O4. The highest BCUT2D eigenvalue weighted by atomic mass is 16.5. The van der Waals surface area contributed by atoms with Crippen molar-refractivity contribution in [2.24, 2.45) is 5.41 Å². The maximum absolute atomic E-state index is 13.4. The molecule has 0 spiro atoms. The molecule has 1 atom stereocenters. The molecule has 8 heteroatoms. The van der Waals surface area contributed by atoms with Gasteiger partial charge in [-0.2, -0.15) is 14.6 Å². The second-order valence-electron chi connectivity index (χ2n) is 10.2. The summed E-state index contributed by atoms with van der Waals surface area (Å²) in [7, 11) is 0. The molecule has 4 aromatic rings. The molecule has 0 fully saturated rings. The number of H-pyrrole nitrogens is 2. The second kappa shape index (κ2) is 9.56. The Morgan fingerprint density at radius 1 is 1.11 bits per heavy atom. The van der Waals surface area contributed by atoms with E-state index in [9.17, 15) is 4.79 Å².